The van der Waals surface area contributed by atoms with Crippen molar-refractivity contribution >= 4 is 51.0 Å². The van der Waals surface area contributed by atoms with Crippen LogP contribution in [0.5, 0.6) is 0 Å². The highest BCUT2D eigenvalue weighted by atomic mass is 19.1. The summed E-state index contributed by atoms with van der Waals surface area (Å²) in [7, 11) is 0. The molecule has 1 aromatic heterocycles. The minimum atomic E-state index is -1.04. The van der Waals surface area contributed by atoms with E-state index < -0.39 is 29.6 Å². The van der Waals surface area contributed by atoms with Crippen LogP contribution in [0.15, 0.2) is 96.1 Å². The zero-order valence-corrected chi connectivity index (χ0v) is 23.1. The van der Waals surface area contributed by atoms with E-state index in [4.69, 9.17) is 11.5 Å². The number of nitrogens with two attached hydrogens (primary N) is 2. The van der Waals surface area contributed by atoms with Gasteiger partial charge in [-0.25, -0.2) is 4.39 Å². The van der Waals surface area contributed by atoms with E-state index in [1.807, 2.05) is 54.6 Å². The number of guanidine groups is 1. The average molecular weight is 580 g/mol. The summed E-state index contributed by atoms with van der Waals surface area (Å²) in [5, 5.41) is 10.9. The van der Waals surface area contributed by atoms with Crippen molar-refractivity contribution in [1.82, 2.24) is 15.6 Å². The fraction of sp³-hybridized carbons (Fsp3) is 0.125. The molecule has 0 aliphatic carbocycles. The summed E-state index contributed by atoms with van der Waals surface area (Å²) in [6, 6.07) is 22.8. The van der Waals surface area contributed by atoms with E-state index in [0.717, 1.165) is 39.4 Å². The Hall–Kier alpha value is -5.71. The van der Waals surface area contributed by atoms with Gasteiger partial charge in [-0.1, -0.05) is 48.5 Å². The molecule has 0 saturated carbocycles. The van der Waals surface area contributed by atoms with Crippen molar-refractivity contribution in [1.29, 1.82) is 0 Å². The summed E-state index contributed by atoms with van der Waals surface area (Å²) in [5.74, 6) is -2.48. The van der Waals surface area contributed by atoms with Crippen LogP contribution in [0, 0.1) is 5.82 Å². The Bertz CT molecular complexity index is 1850. The van der Waals surface area contributed by atoms with Crippen LogP contribution in [-0.2, 0) is 11.2 Å². The summed E-state index contributed by atoms with van der Waals surface area (Å²) in [6.07, 6.45) is 1.91. The topological polar surface area (TPSA) is 167 Å². The van der Waals surface area contributed by atoms with Gasteiger partial charge >= 0.3 is 0 Å². The van der Waals surface area contributed by atoms with Crippen LogP contribution in [0.3, 0.4) is 0 Å². The summed E-state index contributed by atoms with van der Waals surface area (Å²) < 4.78 is 14.4. The summed E-state index contributed by atoms with van der Waals surface area (Å²) in [5.41, 5.74) is 12.7. The van der Waals surface area contributed by atoms with Crippen molar-refractivity contribution in [2.75, 3.05) is 18.4 Å². The smallest absolute Gasteiger partial charge is 0.255 e. The lowest BCUT2D eigenvalue weighted by molar-refractivity contribution is -0.122. The molecule has 0 bridgehead atoms. The van der Waals surface area contributed by atoms with Gasteiger partial charge in [-0.05, 0) is 52.7 Å². The first-order valence-electron chi connectivity index (χ1n) is 13.6. The zero-order chi connectivity index (χ0) is 30.3. The number of aromatic amines is 1. The third-order valence-corrected chi connectivity index (χ3v) is 6.91. The molecule has 0 radical (unpaired) electrons. The van der Waals surface area contributed by atoms with Crippen LogP contribution in [-0.4, -0.2) is 47.8 Å². The molecule has 1 unspecified atom stereocenters. The number of aliphatic imine (C=N–C) groups is 1. The number of nitrogens with zero attached hydrogens (tertiary/aromatic N) is 1. The summed E-state index contributed by atoms with van der Waals surface area (Å²) >= 11 is 0. The predicted octanol–water partition coefficient (Wildman–Crippen LogP) is 3.44. The molecule has 11 heteroatoms. The Morgan fingerprint density at radius 1 is 0.884 bits per heavy atom. The van der Waals surface area contributed by atoms with Crippen LogP contribution in [0.4, 0.5) is 10.1 Å². The van der Waals surface area contributed by atoms with Crippen molar-refractivity contribution in [2.45, 2.75) is 12.5 Å². The highest BCUT2D eigenvalue weighted by molar-refractivity contribution is 6.10. The molecule has 3 amide bonds. The monoisotopic (exact) mass is 579 g/mol. The standard InChI is InChI=1S/C32H30FN7O3/c33-23-11-12-27(39-29(41)21-10-9-19-5-1-2-6-20(19)15-21)25(17-23)30(42)40-28(31(43)36-13-14-37-32(34)35)16-22-18-38-26-8-4-3-7-24(22)26/h1-12,15,17-18,28,38H,13-14,16H2,(H,36,43)(H,39,41)(H,40,42)(H4,34,35,37). The normalized spacial score (nSPS) is 11.6. The lowest BCUT2D eigenvalue weighted by Crippen LogP contribution is -2.48. The first-order valence-corrected chi connectivity index (χ1v) is 13.6. The molecule has 4 aromatic carbocycles. The maximum absolute atomic E-state index is 14.4. The zero-order valence-electron chi connectivity index (χ0n) is 23.1. The van der Waals surface area contributed by atoms with Gasteiger partial charge in [-0.3, -0.25) is 19.4 Å². The molecule has 5 rings (SSSR count). The quantitative estimate of drug-likeness (QED) is 0.0845. The second-order valence-corrected chi connectivity index (χ2v) is 9.89. The number of para-hydroxylation sites is 1. The molecule has 8 N–H and O–H groups in total. The number of anilines is 1. The number of nitrogens with one attached hydrogen (secondary N) is 4. The van der Waals surface area contributed by atoms with Crippen LogP contribution >= 0.6 is 0 Å². The van der Waals surface area contributed by atoms with E-state index in [-0.39, 0.29) is 36.7 Å². The van der Waals surface area contributed by atoms with Gasteiger partial charge in [0.25, 0.3) is 11.8 Å². The molecular formula is C32H30FN7O3. The highest BCUT2D eigenvalue weighted by Gasteiger charge is 2.25. The number of rotatable bonds is 10. The van der Waals surface area contributed by atoms with E-state index in [2.05, 4.69) is 25.9 Å². The van der Waals surface area contributed by atoms with Gasteiger partial charge in [0.1, 0.15) is 11.9 Å². The molecule has 43 heavy (non-hydrogen) atoms. The number of carbonyl (C=O) groups is 3. The molecule has 218 valence electrons. The number of benzene rings is 4. The third kappa shape index (κ3) is 6.96. The maximum Gasteiger partial charge on any atom is 0.255 e. The van der Waals surface area contributed by atoms with Crippen molar-refractivity contribution in [3.05, 3.63) is 114 Å². The predicted molar refractivity (Wildman–Crippen MR) is 165 cm³/mol. The maximum atomic E-state index is 14.4. The highest BCUT2D eigenvalue weighted by Crippen LogP contribution is 2.22. The average Bonchev–Trinajstić information content (AvgIpc) is 3.42. The molecule has 0 spiro atoms. The molecular weight excluding hydrogens is 549 g/mol. The number of H-pyrrole nitrogens is 1. The second-order valence-electron chi connectivity index (χ2n) is 9.89. The lowest BCUT2D eigenvalue weighted by atomic mass is 10.0. The SMILES string of the molecule is NC(N)=NCCNC(=O)C(Cc1c[nH]c2ccccc12)NC(=O)c1cc(F)ccc1NC(=O)c1ccc2ccccc2c1. The van der Waals surface area contributed by atoms with Crippen LogP contribution < -0.4 is 27.4 Å². The first kappa shape index (κ1) is 28.8. The van der Waals surface area contributed by atoms with Crippen molar-refractivity contribution in [3.63, 3.8) is 0 Å². The molecule has 1 atom stereocenters. The molecule has 0 fully saturated rings. The minimum Gasteiger partial charge on any atom is -0.370 e. The first-order chi connectivity index (χ1) is 20.8. The molecule has 5 aromatic rings. The number of hydrogen-bond donors (Lipinski definition) is 6. The van der Waals surface area contributed by atoms with Crippen LogP contribution in [0.25, 0.3) is 21.7 Å². The summed E-state index contributed by atoms with van der Waals surface area (Å²) in [6.45, 7) is 0.278. The fourth-order valence-corrected chi connectivity index (χ4v) is 4.79. The summed E-state index contributed by atoms with van der Waals surface area (Å²) in [4.78, 5) is 47.0. The van der Waals surface area contributed by atoms with E-state index in [1.165, 1.54) is 6.07 Å². The third-order valence-electron chi connectivity index (χ3n) is 6.91. The minimum absolute atomic E-state index is 0.0936. The van der Waals surface area contributed by atoms with Gasteiger partial charge in [0.15, 0.2) is 5.96 Å². The van der Waals surface area contributed by atoms with Crippen molar-refractivity contribution in [3.8, 4) is 0 Å². The molecule has 0 saturated heterocycles. The van der Waals surface area contributed by atoms with Crippen LogP contribution in [0.2, 0.25) is 0 Å². The van der Waals surface area contributed by atoms with Gasteiger partial charge in [-0.15, -0.1) is 0 Å². The number of amides is 3. The lowest BCUT2D eigenvalue weighted by Gasteiger charge is -2.19. The van der Waals surface area contributed by atoms with Gasteiger partial charge in [0.2, 0.25) is 5.91 Å². The fourth-order valence-electron chi connectivity index (χ4n) is 4.79. The van der Waals surface area contributed by atoms with E-state index in [9.17, 15) is 18.8 Å². The van der Waals surface area contributed by atoms with E-state index in [1.54, 1.807) is 18.3 Å². The number of fused-ring (bicyclic) bond motifs is 2. The Kier molecular flexibility index (Phi) is 8.61. The van der Waals surface area contributed by atoms with Gasteiger partial charge in [-0.2, -0.15) is 0 Å². The largest absolute Gasteiger partial charge is 0.370 e. The number of halogens is 1. The van der Waals surface area contributed by atoms with Gasteiger partial charge < -0.3 is 32.4 Å². The van der Waals surface area contributed by atoms with E-state index in [0.29, 0.717) is 5.56 Å². The van der Waals surface area contributed by atoms with Gasteiger partial charge in [0, 0.05) is 35.6 Å². The second kappa shape index (κ2) is 12.9. The number of aromatic nitrogens is 1. The van der Waals surface area contributed by atoms with Gasteiger partial charge in [0.05, 0.1) is 17.8 Å². The van der Waals surface area contributed by atoms with Crippen molar-refractivity contribution < 1.29 is 18.8 Å². The van der Waals surface area contributed by atoms with E-state index >= 15 is 0 Å². The Balaban J connectivity index is 1.38. The molecule has 0 aliphatic rings. The Labute approximate surface area is 246 Å². The Morgan fingerprint density at radius 3 is 2.47 bits per heavy atom. The van der Waals surface area contributed by atoms with Crippen LogP contribution in [0.1, 0.15) is 26.3 Å². The number of carbonyl (C=O) groups excluding carboxylic acids is 3. The molecule has 10 nitrogen and oxygen atoms in total. The Morgan fingerprint density at radius 2 is 1.65 bits per heavy atom. The number of hydrogen-bond acceptors (Lipinski definition) is 4. The molecule has 1 heterocycles. The van der Waals surface area contributed by atoms with Crippen molar-refractivity contribution in [2.24, 2.45) is 16.5 Å². The molecule has 0 aliphatic heterocycles.